The van der Waals surface area contributed by atoms with Crippen LogP contribution in [-0.4, -0.2) is 49.4 Å². The van der Waals surface area contributed by atoms with E-state index in [1.165, 1.54) is 0 Å². The van der Waals surface area contributed by atoms with Crippen LogP contribution >= 0.6 is 0 Å². The van der Waals surface area contributed by atoms with Crippen LogP contribution in [-0.2, 0) is 9.47 Å². The molecule has 2 N–H and O–H groups in total. The predicted molar refractivity (Wildman–Crippen MR) is 70.4 cm³/mol. The Morgan fingerprint density at radius 3 is 2.44 bits per heavy atom. The highest BCUT2D eigenvalue weighted by molar-refractivity contribution is 5.69. The van der Waals surface area contributed by atoms with E-state index in [2.05, 4.69) is 0 Å². The molecule has 18 heavy (non-hydrogen) atoms. The van der Waals surface area contributed by atoms with E-state index in [0.717, 1.165) is 6.42 Å². The van der Waals surface area contributed by atoms with Gasteiger partial charge in [-0.3, -0.25) is 0 Å². The van der Waals surface area contributed by atoms with Gasteiger partial charge in [0.25, 0.3) is 0 Å². The molecule has 5 heteroatoms. The molecular weight excluding hydrogens is 232 g/mol. The molecule has 0 unspecified atom stereocenters. The van der Waals surface area contributed by atoms with Crippen molar-refractivity contribution < 1.29 is 14.3 Å². The number of amides is 1. The molecule has 5 nitrogen and oxygen atoms in total. The Bertz CT molecular complexity index is 280. The van der Waals surface area contributed by atoms with Crippen LogP contribution < -0.4 is 5.73 Å². The molecule has 0 atom stereocenters. The fraction of sp³-hybridized carbons (Fsp3) is 0.923. The molecule has 1 rings (SSSR count). The molecule has 0 saturated carbocycles. The zero-order valence-electron chi connectivity index (χ0n) is 12.0. The maximum Gasteiger partial charge on any atom is 0.410 e. The molecule has 0 spiro atoms. The second-order valence-electron chi connectivity index (χ2n) is 6.01. The van der Waals surface area contributed by atoms with Gasteiger partial charge in [0, 0.05) is 25.1 Å². The summed E-state index contributed by atoms with van der Waals surface area (Å²) in [6, 6.07) is 0. The van der Waals surface area contributed by atoms with E-state index in [0.29, 0.717) is 32.8 Å². The van der Waals surface area contributed by atoms with Gasteiger partial charge in [0.15, 0.2) is 0 Å². The van der Waals surface area contributed by atoms with E-state index >= 15 is 0 Å². The summed E-state index contributed by atoms with van der Waals surface area (Å²) in [5.74, 6) is 0. The van der Waals surface area contributed by atoms with Gasteiger partial charge in [-0.05, 0) is 40.7 Å². The lowest BCUT2D eigenvalue weighted by Gasteiger charge is -2.49. The minimum atomic E-state index is -0.441. The van der Waals surface area contributed by atoms with E-state index < -0.39 is 5.60 Å². The average Bonchev–Trinajstić information content (AvgIpc) is 2.18. The topological polar surface area (TPSA) is 64.8 Å². The SMILES string of the molecule is CCOCC1(CCN)CN(C(=O)OC(C)(C)C)C1. The fourth-order valence-corrected chi connectivity index (χ4v) is 2.17. The van der Waals surface area contributed by atoms with Crippen LogP contribution in [0.3, 0.4) is 0 Å². The maximum atomic E-state index is 11.8. The van der Waals surface area contributed by atoms with Crippen molar-refractivity contribution >= 4 is 6.09 Å². The number of nitrogens with two attached hydrogens (primary N) is 1. The van der Waals surface area contributed by atoms with Crippen molar-refractivity contribution in [2.45, 2.75) is 39.7 Å². The van der Waals surface area contributed by atoms with E-state index in [1.807, 2.05) is 27.7 Å². The summed E-state index contributed by atoms with van der Waals surface area (Å²) in [5, 5.41) is 0. The highest BCUT2D eigenvalue weighted by Crippen LogP contribution is 2.35. The summed E-state index contributed by atoms with van der Waals surface area (Å²) in [6.45, 7) is 10.9. The molecule has 1 aliphatic rings. The van der Waals surface area contributed by atoms with Crippen LogP contribution in [0.2, 0.25) is 0 Å². The first-order valence-corrected chi connectivity index (χ1v) is 6.58. The number of nitrogens with zero attached hydrogens (tertiary/aromatic N) is 1. The van der Waals surface area contributed by atoms with Gasteiger partial charge in [-0.15, -0.1) is 0 Å². The van der Waals surface area contributed by atoms with Crippen molar-refractivity contribution in [3.8, 4) is 0 Å². The third kappa shape index (κ3) is 4.14. The van der Waals surface area contributed by atoms with Gasteiger partial charge in [-0.25, -0.2) is 4.79 Å². The van der Waals surface area contributed by atoms with E-state index in [9.17, 15) is 4.79 Å². The van der Waals surface area contributed by atoms with Gasteiger partial charge < -0.3 is 20.1 Å². The number of carbonyl (C=O) groups excluding carboxylic acids is 1. The van der Waals surface area contributed by atoms with Gasteiger partial charge in [0.2, 0.25) is 0 Å². The van der Waals surface area contributed by atoms with E-state index in [1.54, 1.807) is 4.90 Å². The second-order valence-corrected chi connectivity index (χ2v) is 6.01. The Labute approximate surface area is 110 Å². The molecule has 0 bridgehead atoms. The molecule has 1 aliphatic heterocycles. The van der Waals surface area contributed by atoms with Gasteiger partial charge in [0.1, 0.15) is 5.60 Å². The smallest absolute Gasteiger partial charge is 0.410 e. The van der Waals surface area contributed by atoms with Crippen molar-refractivity contribution in [3.05, 3.63) is 0 Å². The monoisotopic (exact) mass is 258 g/mol. The molecule has 1 heterocycles. The lowest BCUT2D eigenvalue weighted by atomic mass is 9.78. The zero-order valence-corrected chi connectivity index (χ0v) is 12.0. The number of likely N-dealkylation sites (tertiary alicyclic amines) is 1. The van der Waals surface area contributed by atoms with Crippen molar-refractivity contribution in [3.63, 3.8) is 0 Å². The molecule has 106 valence electrons. The van der Waals surface area contributed by atoms with Crippen LogP contribution in [0.1, 0.15) is 34.1 Å². The average molecular weight is 258 g/mol. The molecule has 0 aliphatic carbocycles. The Hall–Kier alpha value is -0.810. The van der Waals surface area contributed by atoms with Gasteiger partial charge in [-0.1, -0.05) is 0 Å². The first-order chi connectivity index (χ1) is 8.32. The minimum absolute atomic E-state index is 0.0294. The third-order valence-electron chi connectivity index (χ3n) is 2.99. The first kappa shape index (κ1) is 15.2. The van der Waals surface area contributed by atoms with Crippen molar-refractivity contribution in [2.24, 2.45) is 11.1 Å². The quantitative estimate of drug-likeness (QED) is 0.813. The number of ether oxygens (including phenoxy) is 2. The number of hydrogen-bond acceptors (Lipinski definition) is 4. The number of rotatable bonds is 5. The summed E-state index contributed by atoms with van der Waals surface area (Å²) in [4.78, 5) is 13.6. The molecule has 0 radical (unpaired) electrons. The third-order valence-corrected chi connectivity index (χ3v) is 2.99. The summed E-state index contributed by atoms with van der Waals surface area (Å²) < 4.78 is 10.8. The van der Waals surface area contributed by atoms with E-state index in [-0.39, 0.29) is 11.5 Å². The van der Waals surface area contributed by atoms with Crippen molar-refractivity contribution in [2.75, 3.05) is 32.8 Å². The van der Waals surface area contributed by atoms with Crippen LogP contribution in [0.5, 0.6) is 0 Å². The van der Waals surface area contributed by atoms with Crippen LogP contribution in [0.25, 0.3) is 0 Å². The largest absolute Gasteiger partial charge is 0.444 e. The molecule has 1 saturated heterocycles. The Kier molecular flexibility index (Phi) is 4.99. The van der Waals surface area contributed by atoms with E-state index in [4.69, 9.17) is 15.2 Å². The molecule has 1 fully saturated rings. The number of carbonyl (C=O) groups is 1. The van der Waals surface area contributed by atoms with Gasteiger partial charge in [0.05, 0.1) is 6.61 Å². The summed E-state index contributed by atoms with van der Waals surface area (Å²) in [7, 11) is 0. The van der Waals surface area contributed by atoms with Crippen LogP contribution in [0.15, 0.2) is 0 Å². The first-order valence-electron chi connectivity index (χ1n) is 6.58. The Morgan fingerprint density at radius 1 is 1.39 bits per heavy atom. The van der Waals surface area contributed by atoms with Gasteiger partial charge >= 0.3 is 6.09 Å². The molecule has 0 aromatic rings. The lowest BCUT2D eigenvalue weighted by molar-refractivity contribution is -0.0731. The number of hydrogen-bond donors (Lipinski definition) is 1. The highest BCUT2D eigenvalue weighted by atomic mass is 16.6. The Morgan fingerprint density at radius 2 is 2.00 bits per heavy atom. The van der Waals surface area contributed by atoms with Crippen molar-refractivity contribution in [1.82, 2.24) is 4.90 Å². The molecule has 0 aromatic carbocycles. The highest BCUT2D eigenvalue weighted by Gasteiger charge is 2.46. The predicted octanol–water partition coefficient (Wildman–Crippen LogP) is 1.61. The molecule has 0 aromatic heterocycles. The van der Waals surface area contributed by atoms with Gasteiger partial charge in [-0.2, -0.15) is 0 Å². The summed E-state index contributed by atoms with van der Waals surface area (Å²) in [5.41, 5.74) is 5.22. The standard InChI is InChI=1S/C13H26N2O3/c1-5-17-10-13(6-7-14)8-15(9-13)11(16)18-12(2,3)4/h5-10,14H2,1-4H3. The van der Waals surface area contributed by atoms with Crippen LogP contribution in [0, 0.1) is 5.41 Å². The fourth-order valence-electron chi connectivity index (χ4n) is 2.17. The minimum Gasteiger partial charge on any atom is -0.444 e. The van der Waals surface area contributed by atoms with Crippen LogP contribution in [0.4, 0.5) is 4.79 Å². The summed E-state index contributed by atoms with van der Waals surface area (Å²) in [6.07, 6.45) is 0.637. The summed E-state index contributed by atoms with van der Waals surface area (Å²) >= 11 is 0. The van der Waals surface area contributed by atoms with Crippen molar-refractivity contribution in [1.29, 1.82) is 0 Å². The second kappa shape index (κ2) is 5.89. The lowest BCUT2D eigenvalue weighted by Crippen LogP contribution is -2.61. The molecule has 1 amide bonds. The zero-order chi connectivity index (χ0) is 13.8. The Balaban J connectivity index is 2.45. The normalized spacial score (nSPS) is 18.4. The molecular formula is C13H26N2O3. The maximum absolute atomic E-state index is 11.8.